The molecule has 0 N–H and O–H groups in total. The number of carbonyl (C=O) groups is 1. The molecule has 2 heterocycles. The number of amides is 1. The van der Waals surface area contributed by atoms with Crippen LogP contribution in [0, 0.1) is 0 Å². The van der Waals surface area contributed by atoms with Crippen LogP contribution >= 0.6 is 27.5 Å². The maximum absolute atomic E-state index is 13.0. The molecular formula is C23H22Br2ClN3O. The standard InChI is InChI=1S/C23H22BrClN3O.BrH/c24-20-9-7-18(8-10-20)16-26-11-3-4-19(17-26)23(29)28-14-12-27(13-15-28)22-6-2-1-5-21(22)25;/h1-11,17H,12-16H2;1H/q+1;/p-1. The summed E-state index contributed by atoms with van der Waals surface area (Å²) in [4.78, 5) is 17.2. The van der Waals surface area contributed by atoms with Crippen LogP contribution in [0.5, 0.6) is 0 Å². The smallest absolute Gasteiger partial charge is 0.260 e. The monoisotopic (exact) mass is 549 g/mol. The van der Waals surface area contributed by atoms with Crippen molar-refractivity contribution in [3.8, 4) is 0 Å². The summed E-state index contributed by atoms with van der Waals surface area (Å²) in [7, 11) is 0. The van der Waals surface area contributed by atoms with Gasteiger partial charge in [0.15, 0.2) is 18.9 Å². The summed E-state index contributed by atoms with van der Waals surface area (Å²) in [5, 5.41) is 0.754. The first-order valence-electron chi connectivity index (χ1n) is 9.62. The number of rotatable bonds is 4. The molecule has 156 valence electrons. The average Bonchev–Trinajstić information content (AvgIpc) is 2.76. The lowest BCUT2D eigenvalue weighted by atomic mass is 10.2. The van der Waals surface area contributed by atoms with Crippen LogP contribution in [0.3, 0.4) is 0 Å². The van der Waals surface area contributed by atoms with Gasteiger partial charge in [0.2, 0.25) is 0 Å². The Morgan fingerprint density at radius 3 is 2.37 bits per heavy atom. The van der Waals surface area contributed by atoms with Crippen molar-refractivity contribution in [2.75, 3.05) is 31.1 Å². The van der Waals surface area contributed by atoms with Crippen molar-refractivity contribution in [2.24, 2.45) is 0 Å². The van der Waals surface area contributed by atoms with Gasteiger partial charge in [-0.15, -0.1) is 0 Å². The van der Waals surface area contributed by atoms with E-state index < -0.39 is 0 Å². The zero-order valence-corrected chi connectivity index (χ0v) is 20.3. The fourth-order valence-corrected chi connectivity index (χ4v) is 4.11. The van der Waals surface area contributed by atoms with Crippen molar-refractivity contribution < 1.29 is 26.3 Å². The van der Waals surface area contributed by atoms with Crippen LogP contribution in [-0.4, -0.2) is 37.0 Å². The normalized spacial score (nSPS) is 13.7. The molecule has 0 aliphatic carbocycles. The first kappa shape index (κ1) is 22.8. The van der Waals surface area contributed by atoms with Crippen molar-refractivity contribution in [3.05, 3.63) is 93.7 Å². The molecule has 1 saturated heterocycles. The quantitative estimate of drug-likeness (QED) is 0.459. The molecule has 30 heavy (non-hydrogen) atoms. The van der Waals surface area contributed by atoms with E-state index in [0.29, 0.717) is 13.1 Å². The number of hydrogen-bond acceptors (Lipinski definition) is 2. The van der Waals surface area contributed by atoms with E-state index in [1.165, 1.54) is 5.56 Å². The van der Waals surface area contributed by atoms with E-state index >= 15 is 0 Å². The number of para-hydroxylation sites is 1. The van der Waals surface area contributed by atoms with E-state index in [1.807, 2.05) is 65.8 Å². The number of piperazine rings is 1. The number of benzene rings is 2. The maximum Gasteiger partial charge on any atom is 0.260 e. The molecule has 0 radical (unpaired) electrons. The van der Waals surface area contributed by atoms with Gasteiger partial charge in [0, 0.05) is 42.3 Å². The third kappa shape index (κ3) is 5.42. The molecule has 1 amide bonds. The Bertz CT molecular complexity index is 1010. The number of carbonyl (C=O) groups excluding carboxylic acids is 1. The highest BCUT2D eigenvalue weighted by Gasteiger charge is 2.24. The molecule has 0 bridgehead atoms. The van der Waals surface area contributed by atoms with Crippen LogP contribution in [0.1, 0.15) is 15.9 Å². The molecule has 1 aliphatic heterocycles. The van der Waals surface area contributed by atoms with Gasteiger partial charge >= 0.3 is 0 Å². The maximum atomic E-state index is 13.0. The number of nitrogens with zero attached hydrogens (tertiary/aromatic N) is 3. The van der Waals surface area contributed by atoms with Crippen molar-refractivity contribution in [1.82, 2.24) is 4.90 Å². The summed E-state index contributed by atoms with van der Waals surface area (Å²) in [6, 6.07) is 19.9. The fraction of sp³-hybridized carbons (Fsp3) is 0.217. The molecule has 0 saturated carbocycles. The van der Waals surface area contributed by atoms with Crippen LogP contribution < -0.4 is 26.4 Å². The molecule has 4 rings (SSSR count). The van der Waals surface area contributed by atoms with E-state index in [-0.39, 0.29) is 22.9 Å². The van der Waals surface area contributed by atoms with Crippen molar-refractivity contribution >= 4 is 39.1 Å². The molecule has 1 fully saturated rings. The largest absolute Gasteiger partial charge is 1.00 e. The van der Waals surface area contributed by atoms with Crippen LogP contribution in [-0.2, 0) is 6.54 Å². The minimum absolute atomic E-state index is 0. The Morgan fingerprint density at radius 2 is 1.67 bits per heavy atom. The predicted octanol–water partition coefficient (Wildman–Crippen LogP) is 1.40. The summed E-state index contributed by atoms with van der Waals surface area (Å²) in [5.41, 5.74) is 2.94. The average molecular weight is 552 g/mol. The third-order valence-corrected chi connectivity index (χ3v) is 5.99. The van der Waals surface area contributed by atoms with Gasteiger partial charge in [-0.25, -0.2) is 0 Å². The highest BCUT2D eigenvalue weighted by molar-refractivity contribution is 9.10. The second-order valence-electron chi connectivity index (χ2n) is 7.12. The zero-order chi connectivity index (χ0) is 20.2. The summed E-state index contributed by atoms with van der Waals surface area (Å²) >= 11 is 9.78. The number of hydrogen-bond donors (Lipinski definition) is 0. The summed E-state index contributed by atoms with van der Waals surface area (Å²) in [6.45, 7) is 3.66. The molecular weight excluding hydrogens is 530 g/mol. The van der Waals surface area contributed by atoms with Crippen LogP contribution in [0.25, 0.3) is 0 Å². The molecule has 3 aromatic rings. The Labute approximate surface area is 201 Å². The molecule has 0 spiro atoms. The van der Waals surface area contributed by atoms with E-state index in [1.54, 1.807) is 0 Å². The zero-order valence-electron chi connectivity index (χ0n) is 16.3. The minimum Gasteiger partial charge on any atom is -1.00 e. The van der Waals surface area contributed by atoms with Gasteiger partial charge in [-0.05, 0) is 30.3 Å². The topological polar surface area (TPSA) is 27.4 Å². The lowest BCUT2D eigenvalue weighted by molar-refractivity contribution is -0.688. The molecule has 0 atom stereocenters. The van der Waals surface area contributed by atoms with E-state index in [2.05, 4.69) is 37.5 Å². The van der Waals surface area contributed by atoms with Crippen molar-refractivity contribution in [3.63, 3.8) is 0 Å². The molecule has 7 heteroatoms. The number of halogens is 3. The van der Waals surface area contributed by atoms with Gasteiger partial charge in [0.1, 0.15) is 5.56 Å². The molecule has 0 unspecified atom stereocenters. The Balaban J connectivity index is 0.00000256. The fourth-order valence-electron chi connectivity index (χ4n) is 3.59. The summed E-state index contributed by atoms with van der Waals surface area (Å²) in [6.07, 6.45) is 3.93. The van der Waals surface area contributed by atoms with Gasteiger partial charge in [-0.1, -0.05) is 51.8 Å². The second kappa shape index (κ2) is 10.4. The number of aromatic nitrogens is 1. The highest BCUT2D eigenvalue weighted by atomic mass is 79.9. The van der Waals surface area contributed by atoms with Gasteiger partial charge in [-0.2, -0.15) is 4.57 Å². The molecule has 1 aliphatic rings. The van der Waals surface area contributed by atoms with Gasteiger partial charge in [-0.3, -0.25) is 4.79 Å². The predicted molar refractivity (Wildman–Crippen MR) is 119 cm³/mol. The SMILES string of the molecule is O=C(c1ccc[n+](Cc2ccc(Br)cc2)c1)N1CCN(c2ccccc2Cl)CC1.[Br-]. The summed E-state index contributed by atoms with van der Waals surface area (Å²) < 4.78 is 3.11. The van der Waals surface area contributed by atoms with Crippen LogP contribution in [0.2, 0.25) is 5.02 Å². The Morgan fingerprint density at radius 1 is 0.967 bits per heavy atom. The first-order chi connectivity index (χ1) is 14.1. The van der Waals surface area contributed by atoms with E-state index in [4.69, 9.17) is 11.6 Å². The molecule has 4 nitrogen and oxygen atoms in total. The van der Waals surface area contributed by atoms with E-state index in [9.17, 15) is 4.79 Å². The van der Waals surface area contributed by atoms with Gasteiger partial charge in [0.25, 0.3) is 5.91 Å². The van der Waals surface area contributed by atoms with Crippen LogP contribution in [0.4, 0.5) is 5.69 Å². The Kier molecular flexibility index (Phi) is 7.92. The first-order valence-corrected chi connectivity index (χ1v) is 10.8. The van der Waals surface area contributed by atoms with Gasteiger partial charge in [0.05, 0.1) is 10.7 Å². The highest BCUT2D eigenvalue weighted by Crippen LogP contribution is 2.26. The second-order valence-corrected chi connectivity index (χ2v) is 8.44. The van der Waals surface area contributed by atoms with Crippen molar-refractivity contribution in [2.45, 2.75) is 6.54 Å². The van der Waals surface area contributed by atoms with Crippen LogP contribution in [0.15, 0.2) is 77.5 Å². The van der Waals surface area contributed by atoms with E-state index in [0.717, 1.165) is 40.4 Å². The third-order valence-electron chi connectivity index (χ3n) is 5.14. The molecule has 2 aromatic carbocycles. The lowest BCUT2D eigenvalue weighted by Crippen LogP contribution is -3.00. The van der Waals surface area contributed by atoms with Crippen molar-refractivity contribution in [1.29, 1.82) is 0 Å². The summed E-state index contributed by atoms with van der Waals surface area (Å²) in [5.74, 6) is 0.0777. The van der Waals surface area contributed by atoms with Gasteiger partial charge < -0.3 is 26.8 Å². The Hall–Kier alpha value is -1.89. The minimum atomic E-state index is 0. The number of anilines is 1. The number of pyridine rings is 1. The molecule has 1 aromatic heterocycles. The lowest BCUT2D eigenvalue weighted by Gasteiger charge is -2.36.